The first-order valence-corrected chi connectivity index (χ1v) is 10.8. The van der Waals surface area contributed by atoms with Crippen molar-refractivity contribution in [3.8, 4) is 0 Å². The van der Waals surface area contributed by atoms with E-state index < -0.39 is 34.9 Å². The van der Waals surface area contributed by atoms with Gasteiger partial charge >= 0.3 is 12.3 Å². The molecule has 4 rings (SSSR count). The van der Waals surface area contributed by atoms with E-state index in [1.54, 1.807) is 30.3 Å². The quantitative estimate of drug-likeness (QED) is 0.401. The third kappa shape index (κ3) is 4.80. The van der Waals surface area contributed by atoms with Gasteiger partial charge in [-0.25, -0.2) is 4.79 Å². The third-order valence-corrected chi connectivity index (χ3v) is 6.28. The van der Waals surface area contributed by atoms with Crippen molar-refractivity contribution < 1.29 is 33.1 Å². The molecule has 12 heteroatoms. The molecule has 186 valence electrons. The number of aromatic nitrogens is 1. The SMILES string of the molecule is O=C(O)N1CCN(CC(O)(c2cn(Cc3ccccc3)c3cc([N+](=O)[O-])ccc23)C(F)(F)F)CC1. The van der Waals surface area contributed by atoms with Gasteiger partial charge in [0, 0.05) is 68.5 Å². The number of nitrogens with zero attached hydrogens (tertiary/aromatic N) is 4. The Morgan fingerprint density at radius 2 is 1.71 bits per heavy atom. The van der Waals surface area contributed by atoms with E-state index in [1.807, 2.05) is 0 Å². The van der Waals surface area contributed by atoms with Gasteiger partial charge in [-0.2, -0.15) is 13.2 Å². The van der Waals surface area contributed by atoms with Crippen molar-refractivity contribution >= 4 is 22.7 Å². The zero-order valence-electron chi connectivity index (χ0n) is 18.5. The Morgan fingerprint density at radius 1 is 1.06 bits per heavy atom. The van der Waals surface area contributed by atoms with E-state index in [0.717, 1.165) is 16.5 Å². The summed E-state index contributed by atoms with van der Waals surface area (Å²) in [6.07, 6.45) is -5.02. The van der Waals surface area contributed by atoms with Gasteiger partial charge in [-0.3, -0.25) is 15.0 Å². The average Bonchev–Trinajstić information content (AvgIpc) is 3.17. The topological polar surface area (TPSA) is 112 Å². The molecule has 35 heavy (non-hydrogen) atoms. The van der Waals surface area contributed by atoms with Gasteiger partial charge < -0.3 is 19.7 Å². The zero-order valence-corrected chi connectivity index (χ0v) is 18.5. The molecule has 1 unspecified atom stereocenters. The minimum Gasteiger partial charge on any atom is -0.465 e. The predicted octanol–water partition coefficient (Wildman–Crippen LogP) is 3.64. The largest absolute Gasteiger partial charge is 0.465 e. The van der Waals surface area contributed by atoms with Crippen LogP contribution in [0.3, 0.4) is 0 Å². The number of nitro benzene ring substituents is 1. The molecule has 2 aromatic carbocycles. The molecule has 2 N–H and O–H groups in total. The number of β-amino-alcohol motifs (C(OH)–C–C–N with tert-alkyl or cyclic N) is 1. The molecule has 0 bridgehead atoms. The monoisotopic (exact) mass is 492 g/mol. The second-order valence-electron chi connectivity index (χ2n) is 8.52. The second-order valence-corrected chi connectivity index (χ2v) is 8.52. The number of carboxylic acid groups (broad SMARTS) is 1. The number of rotatable bonds is 6. The highest BCUT2D eigenvalue weighted by Crippen LogP contribution is 2.44. The lowest BCUT2D eigenvalue weighted by atomic mass is 9.91. The molecule has 0 aliphatic carbocycles. The molecule has 9 nitrogen and oxygen atoms in total. The second kappa shape index (κ2) is 9.19. The molecule has 0 spiro atoms. The number of non-ortho nitro benzene ring substituents is 1. The Kier molecular flexibility index (Phi) is 6.43. The maximum Gasteiger partial charge on any atom is 0.422 e. The fourth-order valence-corrected chi connectivity index (χ4v) is 4.38. The minimum atomic E-state index is -5.06. The van der Waals surface area contributed by atoms with Crippen LogP contribution in [0, 0.1) is 10.1 Å². The van der Waals surface area contributed by atoms with Crippen molar-refractivity contribution in [2.75, 3.05) is 32.7 Å². The van der Waals surface area contributed by atoms with Crippen molar-refractivity contribution in [1.82, 2.24) is 14.4 Å². The Morgan fingerprint density at radius 3 is 2.29 bits per heavy atom. The molecule has 1 fully saturated rings. The van der Waals surface area contributed by atoms with Crippen LogP contribution in [0.4, 0.5) is 23.7 Å². The highest BCUT2D eigenvalue weighted by atomic mass is 19.4. The lowest BCUT2D eigenvalue weighted by Gasteiger charge is -2.39. The van der Waals surface area contributed by atoms with Crippen molar-refractivity contribution in [2.45, 2.75) is 18.3 Å². The van der Waals surface area contributed by atoms with Gasteiger partial charge in [0.2, 0.25) is 5.60 Å². The molecule has 1 aliphatic rings. The van der Waals surface area contributed by atoms with Gasteiger partial charge in [0.15, 0.2) is 0 Å². The number of amides is 1. The van der Waals surface area contributed by atoms with Gasteiger partial charge in [-0.15, -0.1) is 0 Å². The maximum absolute atomic E-state index is 14.4. The van der Waals surface area contributed by atoms with E-state index in [2.05, 4.69) is 0 Å². The zero-order chi connectivity index (χ0) is 25.4. The number of aliphatic hydroxyl groups is 1. The number of carbonyl (C=O) groups is 1. The third-order valence-electron chi connectivity index (χ3n) is 6.28. The van der Waals surface area contributed by atoms with Crippen LogP contribution in [0.15, 0.2) is 54.7 Å². The Labute approximate surface area is 197 Å². The molecule has 3 aromatic rings. The fourth-order valence-electron chi connectivity index (χ4n) is 4.38. The van der Waals surface area contributed by atoms with Crippen LogP contribution in [0.1, 0.15) is 11.1 Å². The van der Waals surface area contributed by atoms with Gasteiger partial charge in [0.1, 0.15) is 0 Å². The van der Waals surface area contributed by atoms with E-state index in [0.29, 0.717) is 0 Å². The first-order valence-electron chi connectivity index (χ1n) is 10.8. The van der Waals surface area contributed by atoms with Crippen molar-refractivity contribution in [3.63, 3.8) is 0 Å². The van der Waals surface area contributed by atoms with Crippen molar-refractivity contribution in [1.29, 1.82) is 0 Å². The van der Waals surface area contributed by atoms with E-state index in [-0.39, 0.29) is 49.3 Å². The molecule has 1 saturated heterocycles. The summed E-state index contributed by atoms with van der Waals surface area (Å²) >= 11 is 0. The number of alkyl halides is 3. The summed E-state index contributed by atoms with van der Waals surface area (Å²) in [5.74, 6) is 0. The normalized spacial score (nSPS) is 16.9. The van der Waals surface area contributed by atoms with Gasteiger partial charge in [0.25, 0.3) is 5.69 Å². The lowest BCUT2D eigenvalue weighted by Crippen LogP contribution is -2.56. The Bertz CT molecular complexity index is 1240. The van der Waals surface area contributed by atoms with E-state index >= 15 is 0 Å². The number of hydrogen-bond acceptors (Lipinski definition) is 5. The number of hydrogen-bond donors (Lipinski definition) is 2. The molecule has 0 saturated carbocycles. The highest BCUT2D eigenvalue weighted by molar-refractivity contribution is 5.87. The number of benzene rings is 2. The summed E-state index contributed by atoms with van der Waals surface area (Å²) in [7, 11) is 0. The Balaban J connectivity index is 1.78. The molecular weight excluding hydrogens is 469 g/mol. The minimum absolute atomic E-state index is 0.0191. The fraction of sp³-hybridized carbons (Fsp3) is 0.348. The van der Waals surface area contributed by atoms with Crippen LogP contribution >= 0.6 is 0 Å². The lowest BCUT2D eigenvalue weighted by molar-refractivity contribution is -0.384. The standard InChI is InChI=1S/C23H23F3N4O5/c24-23(25,26)22(33,15-27-8-10-28(11-9-27)21(31)32)19-14-29(13-16-4-2-1-3-5-16)20-12-17(30(34)35)6-7-18(19)20/h1-7,12,14,33H,8-11,13,15H2,(H,31,32). The van der Waals surface area contributed by atoms with Crippen LogP contribution < -0.4 is 0 Å². The molecule has 1 atom stereocenters. The first-order chi connectivity index (χ1) is 16.5. The van der Waals surface area contributed by atoms with Crippen molar-refractivity contribution in [2.24, 2.45) is 0 Å². The summed E-state index contributed by atoms with van der Waals surface area (Å²) in [6.45, 7) is -0.566. The summed E-state index contributed by atoms with van der Waals surface area (Å²) in [4.78, 5) is 24.3. The van der Waals surface area contributed by atoms with Gasteiger partial charge in [-0.1, -0.05) is 30.3 Å². The summed E-state index contributed by atoms with van der Waals surface area (Å²) in [5.41, 5.74) is -3.02. The maximum atomic E-state index is 14.4. The number of halogens is 3. The predicted molar refractivity (Wildman–Crippen MR) is 120 cm³/mol. The molecule has 0 radical (unpaired) electrons. The van der Waals surface area contributed by atoms with E-state index in [9.17, 15) is 33.2 Å². The molecule has 1 aromatic heterocycles. The van der Waals surface area contributed by atoms with E-state index in [4.69, 9.17) is 5.11 Å². The van der Waals surface area contributed by atoms with Crippen LogP contribution in [0.5, 0.6) is 0 Å². The molecule has 2 heterocycles. The number of nitro groups is 1. The van der Waals surface area contributed by atoms with E-state index in [1.165, 1.54) is 27.8 Å². The highest BCUT2D eigenvalue weighted by Gasteiger charge is 2.57. The molecule has 1 aliphatic heterocycles. The smallest absolute Gasteiger partial charge is 0.422 e. The summed E-state index contributed by atoms with van der Waals surface area (Å²) < 4.78 is 44.7. The van der Waals surface area contributed by atoms with Crippen LogP contribution in [0.25, 0.3) is 10.9 Å². The Hall–Kier alpha value is -3.64. The van der Waals surface area contributed by atoms with Crippen LogP contribution in [0.2, 0.25) is 0 Å². The molecule has 1 amide bonds. The summed E-state index contributed by atoms with van der Waals surface area (Å²) in [5, 5.41) is 31.6. The van der Waals surface area contributed by atoms with Gasteiger partial charge in [0.05, 0.1) is 10.4 Å². The number of fused-ring (bicyclic) bond motifs is 1. The van der Waals surface area contributed by atoms with Crippen molar-refractivity contribution in [3.05, 3.63) is 76.0 Å². The average molecular weight is 492 g/mol. The van der Waals surface area contributed by atoms with Crippen LogP contribution in [-0.4, -0.2) is 74.5 Å². The van der Waals surface area contributed by atoms with Gasteiger partial charge in [-0.05, 0) is 11.6 Å². The first kappa shape index (κ1) is 24.5. The number of piperazine rings is 1. The molecular formula is C23H23F3N4O5. The summed E-state index contributed by atoms with van der Waals surface area (Å²) in [6, 6.07) is 12.4. The van der Waals surface area contributed by atoms with Crippen LogP contribution in [-0.2, 0) is 12.1 Å².